The van der Waals surface area contributed by atoms with Gasteiger partial charge in [-0.1, -0.05) is 25.1 Å². The van der Waals surface area contributed by atoms with Crippen molar-refractivity contribution in [1.82, 2.24) is 5.32 Å². The van der Waals surface area contributed by atoms with Crippen LogP contribution in [0.2, 0.25) is 0 Å². The van der Waals surface area contributed by atoms with Crippen LogP contribution in [0, 0.1) is 0 Å². The molecule has 2 rings (SSSR count). The molecule has 0 aromatic heterocycles. The zero-order valence-electron chi connectivity index (χ0n) is 18.8. The van der Waals surface area contributed by atoms with Gasteiger partial charge in [-0.3, -0.25) is 9.10 Å². The van der Waals surface area contributed by atoms with Crippen LogP contribution in [0.3, 0.4) is 0 Å². The Morgan fingerprint density at radius 2 is 1.55 bits per heavy atom. The van der Waals surface area contributed by atoms with Gasteiger partial charge in [0.1, 0.15) is 6.04 Å². The van der Waals surface area contributed by atoms with Crippen molar-refractivity contribution in [2.45, 2.75) is 46.7 Å². The fourth-order valence-electron chi connectivity index (χ4n) is 3.23. The maximum absolute atomic E-state index is 12.8. The quantitative estimate of drug-likeness (QED) is 0.569. The van der Waals surface area contributed by atoms with Crippen LogP contribution in [0.5, 0.6) is 11.5 Å². The van der Waals surface area contributed by atoms with Crippen molar-refractivity contribution in [1.29, 1.82) is 0 Å². The number of benzene rings is 2. The van der Waals surface area contributed by atoms with Crippen LogP contribution in [0.4, 0.5) is 5.69 Å². The highest BCUT2D eigenvalue weighted by Gasteiger charge is 2.29. The van der Waals surface area contributed by atoms with E-state index in [1.807, 2.05) is 45.0 Å². The van der Waals surface area contributed by atoms with Gasteiger partial charge in [-0.15, -0.1) is 0 Å². The molecular weight excluding hydrogens is 416 g/mol. The molecule has 8 heteroatoms. The molecule has 0 radical (unpaired) electrons. The average Bonchev–Trinajstić information content (AvgIpc) is 2.73. The van der Waals surface area contributed by atoms with Crippen molar-refractivity contribution < 1.29 is 22.7 Å². The maximum atomic E-state index is 12.8. The summed E-state index contributed by atoms with van der Waals surface area (Å²) in [5.74, 6) is 0.862. The van der Waals surface area contributed by atoms with E-state index in [-0.39, 0.29) is 6.54 Å². The van der Waals surface area contributed by atoms with E-state index in [0.717, 1.165) is 28.1 Å². The number of anilines is 1. The number of sulfonamides is 1. The monoisotopic (exact) mass is 448 g/mol. The minimum atomic E-state index is -3.65. The first-order valence-electron chi connectivity index (χ1n) is 10.5. The van der Waals surface area contributed by atoms with E-state index in [4.69, 9.17) is 9.47 Å². The first kappa shape index (κ1) is 24.5. The van der Waals surface area contributed by atoms with Crippen molar-refractivity contribution in [2.75, 3.05) is 23.8 Å². The second kappa shape index (κ2) is 11.0. The molecule has 1 N–H and O–H groups in total. The van der Waals surface area contributed by atoms with Crippen LogP contribution in [-0.2, 0) is 27.8 Å². The van der Waals surface area contributed by atoms with E-state index in [1.165, 1.54) is 0 Å². The summed E-state index contributed by atoms with van der Waals surface area (Å²) in [5, 5.41) is 2.82. The van der Waals surface area contributed by atoms with Gasteiger partial charge in [0.15, 0.2) is 11.5 Å². The van der Waals surface area contributed by atoms with E-state index in [9.17, 15) is 13.2 Å². The first-order valence-corrected chi connectivity index (χ1v) is 12.3. The largest absolute Gasteiger partial charge is 0.490 e. The van der Waals surface area contributed by atoms with Crippen LogP contribution < -0.4 is 19.1 Å². The molecule has 0 aliphatic rings. The summed E-state index contributed by atoms with van der Waals surface area (Å²) >= 11 is 0. The molecule has 0 saturated carbocycles. The molecule has 0 bridgehead atoms. The van der Waals surface area contributed by atoms with E-state index in [1.54, 1.807) is 25.1 Å². The summed E-state index contributed by atoms with van der Waals surface area (Å²) in [7, 11) is -3.65. The number of aryl methyl sites for hydroxylation is 1. The number of ether oxygens (including phenoxy) is 2. The highest BCUT2D eigenvalue weighted by Crippen LogP contribution is 2.28. The SMILES string of the molecule is CCOc1ccc(CNC(=O)[C@@H](C)N(c2ccc(CC)cc2)S(C)(=O)=O)cc1OCC. The summed E-state index contributed by atoms with van der Waals surface area (Å²) in [6, 6.07) is 11.7. The predicted molar refractivity (Wildman–Crippen MR) is 123 cm³/mol. The molecule has 2 aromatic carbocycles. The van der Waals surface area contributed by atoms with Crippen LogP contribution in [-0.4, -0.2) is 39.8 Å². The lowest BCUT2D eigenvalue weighted by Gasteiger charge is -2.28. The number of rotatable bonds is 11. The van der Waals surface area contributed by atoms with Crippen molar-refractivity contribution in [3.63, 3.8) is 0 Å². The normalized spacial score (nSPS) is 12.2. The van der Waals surface area contributed by atoms with E-state index in [0.29, 0.717) is 30.4 Å². The Morgan fingerprint density at radius 1 is 0.968 bits per heavy atom. The fourth-order valence-corrected chi connectivity index (χ4v) is 4.40. The van der Waals surface area contributed by atoms with Gasteiger partial charge in [-0.25, -0.2) is 8.42 Å². The topological polar surface area (TPSA) is 84.9 Å². The zero-order chi connectivity index (χ0) is 23.0. The first-order chi connectivity index (χ1) is 14.7. The van der Waals surface area contributed by atoms with Gasteiger partial charge in [0.05, 0.1) is 25.2 Å². The van der Waals surface area contributed by atoms with Gasteiger partial charge in [0, 0.05) is 6.54 Å². The minimum Gasteiger partial charge on any atom is -0.490 e. The van der Waals surface area contributed by atoms with Crippen LogP contribution in [0.15, 0.2) is 42.5 Å². The number of carbonyl (C=O) groups is 1. The highest BCUT2D eigenvalue weighted by molar-refractivity contribution is 7.92. The number of hydrogen-bond donors (Lipinski definition) is 1. The molecule has 0 spiro atoms. The highest BCUT2D eigenvalue weighted by atomic mass is 32.2. The summed E-state index contributed by atoms with van der Waals surface area (Å²) in [6.07, 6.45) is 1.95. The molecular formula is C23H32N2O5S. The van der Waals surface area contributed by atoms with Crippen molar-refractivity contribution in [2.24, 2.45) is 0 Å². The number of carbonyl (C=O) groups excluding carboxylic acids is 1. The Bertz CT molecular complexity index is 974. The summed E-state index contributed by atoms with van der Waals surface area (Å²) < 4.78 is 37.2. The van der Waals surface area contributed by atoms with Crippen molar-refractivity contribution in [3.05, 3.63) is 53.6 Å². The summed E-state index contributed by atoms with van der Waals surface area (Å²) in [6.45, 7) is 8.64. The van der Waals surface area contributed by atoms with E-state index < -0.39 is 22.0 Å². The number of nitrogens with one attached hydrogen (secondary N) is 1. The number of amides is 1. The fraction of sp³-hybridized carbons (Fsp3) is 0.435. The van der Waals surface area contributed by atoms with Crippen LogP contribution in [0.1, 0.15) is 38.8 Å². The second-order valence-electron chi connectivity index (χ2n) is 7.12. The summed E-state index contributed by atoms with van der Waals surface area (Å²) in [4.78, 5) is 12.8. The van der Waals surface area contributed by atoms with Gasteiger partial charge in [0.2, 0.25) is 15.9 Å². The van der Waals surface area contributed by atoms with Crippen molar-refractivity contribution >= 4 is 21.6 Å². The van der Waals surface area contributed by atoms with E-state index in [2.05, 4.69) is 5.32 Å². The zero-order valence-corrected chi connectivity index (χ0v) is 19.7. The maximum Gasteiger partial charge on any atom is 0.243 e. The lowest BCUT2D eigenvalue weighted by atomic mass is 10.1. The molecule has 2 aromatic rings. The number of nitrogens with zero attached hydrogens (tertiary/aromatic N) is 1. The average molecular weight is 449 g/mol. The molecule has 7 nitrogen and oxygen atoms in total. The molecule has 0 aliphatic heterocycles. The summed E-state index contributed by atoms with van der Waals surface area (Å²) in [5.41, 5.74) is 2.38. The smallest absolute Gasteiger partial charge is 0.243 e. The molecule has 1 atom stereocenters. The van der Waals surface area contributed by atoms with Crippen LogP contribution in [0.25, 0.3) is 0 Å². The Hall–Kier alpha value is -2.74. The van der Waals surface area contributed by atoms with Gasteiger partial charge >= 0.3 is 0 Å². The van der Waals surface area contributed by atoms with Crippen molar-refractivity contribution in [3.8, 4) is 11.5 Å². The molecule has 0 heterocycles. The molecule has 0 saturated heterocycles. The van der Waals surface area contributed by atoms with Crippen LogP contribution >= 0.6 is 0 Å². The second-order valence-corrected chi connectivity index (χ2v) is 8.98. The van der Waals surface area contributed by atoms with Gasteiger partial charge in [-0.05, 0) is 62.6 Å². The molecule has 0 unspecified atom stereocenters. The lowest BCUT2D eigenvalue weighted by Crippen LogP contribution is -2.47. The third-order valence-corrected chi connectivity index (χ3v) is 6.00. The molecule has 0 aliphatic carbocycles. The Morgan fingerprint density at radius 3 is 2.10 bits per heavy atom. The molecule has 0 fully saturated rings. The Balaban J connectivity index is 2.16. The molecule has 31 heavy (non-hydrogen) atoms. The standard InChI is InChI=1S/C23H32N2O5S/c1-6-18-9-12-20(13-10-18)25(31(5,27)28)17(4)23(26)24-16-19-11-14-21(29-7-2)22(15-19)30-8-3/h9-15,17H,6-8,16H2,1-5H3,(H,24,26)/t17-/m1/s1. The number of hydrogen-bond acceptors (Lipinski definition) is 5. The predicted octanol–water partition coefficient (Wildman–Crippen LogP) is 3.52. The Labute approximate surface area is 185 Å². The van der Waals surface area contributed by atoms with Gasteiger partial charge in [0.25, 0.3) is 0 Å². The third kappa shape index (κ3) is 6.62. The van der Waals surface area contributed by atoms with E-state index >= 15 is 0 Å². The van der Waals surface area contributed by atoms with Gasteiger partial charge < -0.3 is 14.8 Å². The third-order valence-electron chi connectivity index (χ3n) is 4.76. The lowest BCUT2D eigenvalue weighted by molar-refractivity contribution is -0.122. The molecule has 170 valence electrons. The van der Waals surface area contributed by atoms with Gasteiger partial charge in [-0.2, -0.15) is 0 Å². The molecule has 1 amide bonds. The Kier molecular flexibility index (Phi) is 8.74. The minimum absolute atomic E-state index is 0.238.